The summed E-state index contributed by atoms with van der Waals surface area (Å²) in [5.74, 6) is -0.0444. The van der Waals surface area contributed by atoms with Crippen LogP contribution in [0.5, 0.6) is 0 Å². The quantitative estimate of drug-likeness (QED) is 0.163. The average Bonchev–Trinajstić information content (AvgIpc) is 3.41. The third-order valence-electron chi connectivity index (χ3n) is 7.08. The Balaban J connectivity index is 1.32. The lowest BCUT2D eigenvalue weighted by molar-refractivity contribution is -0.245. The van der Waals surface area contributed by atoms with Crippen LogP contribution in [0, 0.1) is 0 Å². The van der Waals surface area contributed by atoms with E-state index in [1.54, 1.807) is 18.0 Å². The van der Waals surface area contributed by atoms with Crippen LogP contribution in [0.2, 0.25) is 0 Å². The number of imidazole rings is 1. The van der Waals surface area contributed by atoms with Crippen LogP contribution < -0.4 is 5.32 Å². The van der Waals surface area contributed by atoms with E-state index < -0.39 is 12.3 Å². The first-order valence-electron chi connectivity index (χ1n) is 14.1. The fourth-order valence-corrected chi connectivity index (χ4v) is 5.63. The van der Waals surface area contributed by atoms with Crippen LogP contribution in [0.1, 0.15) is 79.6 Å². The first kappa shape index (κ1) is 30.8. The van der Waals surface area contributed by atoms with E-state index in [-0.39, 0.29) is 31.1 Å². The van der Waals surface area contributed by atoms with Gasteiger partial charge in [-0.3, -0.25) is 9.59 Å². The second-order valence-electron chi connectivity index (χ2n) is 10.3. The summed E-state index contributed by atoms with van der Waals surface area (Å²) in [7, 11) is 1.98. The number of aryl methyl sites for hydroxylation is 1. The summed E-state index contributed by atoms with van der Waals surface area (Å²) in [6.45, 7) is 0.440. The van der Waals surface area contributed by atoms with Crippen molar-refractivity contribution >= 4 is 23.6 Å². The maximum absolute atomic E-state index is 12.2. The van der Waals surface area contributed by atoms with Gasteiger partial charge in [0.05, 0.1) is 18.8 Å². The second kappa shape index (κ2) is 15.7. The normalized spacial score (nSPS) is 18.7. The molecule has 3 aromatic rings. The smallest absolute Gasteiger partial charge is 0.303 e. The largest absolute Gasteiger partial charge is 0.481 e. The molecule has 3 N–H and O–H groups in total. The molecule has 0 saturated carbocycles. The van der Waals surface area contributed by atoms with E-state index in [2.05, 4.69) is 10.3 Å². The van der Waals surface area contributed by atoms with Gasteiger partial charge in [-0.25, -0.2) is 4.98 Å². The molecule has 10 heteroatoms. The first-order valence-corrected chi connectivity index (χ1v) is 15.1. The monoisotopic (exact) mass is 581 g/mol. The number of aliphatic carboxylic acids is 1. The van der Waals surface area contributed by atoms with Gasteiger partial charge in [0.2, 0.25) is 5.91 Å². The summed E-state index contributed by atoms with van der Waals surface area (Å²) in [4.78, 5) is 27.2. The number of aromatic nitrogens is 2. The minimum absolute atomic E-state index is 0.00186. The van der Waals surface area contributed by atoms with Crippen molar-refractivity contribution < 1.29 is 29.3 Å². The van der Waals surface area contributed by atoms with Crippen LogP contribution in [-0.2, 0) is 39.3 Å². The summed E-state index contributed by atoms with van der Waals surface area (Å²) in [5, 5.41) is 22.0. The van der Waals surface area contributed by atoms with Crippen molar-refractivity contribution in [1.29, 1.82) is 0 Å². The second-order valence-corrected chi connectivity index (χ2v) is 11.3. The zero-order valence-corrected chi connectivity index (χ0v) is 24.2. The Labute approximate surface area is 245 Å². The van der Waals surface area contributed by atoms with Crippen molar-refractivity contribution in [2.75, 3.05) is 5.75 Å². The third kappa shape index (κ3) is 9.71. The van der Waals surface area contributed by atoms with Crippen molar-refractivity contribution in [2.24, 2.45) is 7.05 Å². The molecular weight excluding hydrogens is 542 g/mol. The molecule has 4 rings (SSSR count). The molecule has 9 nitrogen and oxygen atoms in total. The molecule has 0 aliphatic carbocycles. The third-order valence-corrected chi connectivity index (χ3v) is 8.27. The standard InChI is InChI=1S/C31H39N3O6S/c1-34-17-16-32-31(34)41-21-26-18-27(24-12-10-23(20-35)11-13-24)40-30(39-26)25-14-8-22(9-15-25)19-33-28(36)6-4-2-3-5-7-29(37)38/h8-17,26-27,30,35H,2-7,18-21H2,1H3,(H,33,36)(H,37,38)/t26-,27+,30+/m1/s1. The Hall–Kier alpha value is -3.18. The molecule has 0 radical (unpaired) electrons. The summed E-state index contributed by atoms with van der Waals surface area (Å²) in [6, 6.07) is 15.8. The number of rotatable bonds is 15. The number of amides is 1. The van der Waals surface area contributed by atoms with E-state index in [4.69, 9.17) is 14.6 Å². The fourth-order valence-electron chi connectivity index (χ4n) is 4.68. The Morgan fingerprint density at radius 1 is 0.976 bits per heavy atom. The van der Waals surface area contributed by atoms with E-state index in [1.165, 1.54) is 0 Å². The van der Waals surface area contributed by atoms with Crippen molar-refractivity contribution in [2.45, 2.75) is 81.8 Å². The highest BCUT2D eigenvalue weighted by Gasteiger charge is 2.32. The Morgan fingerprint density at radius 2 is 1.66 bits per heavy atom. The molecule has 41 heavy (non-hydrogen) atoms. The maximum atomic E-state index is 12.2. The van der Waals surface area contributed by atoms with Crippen LogP contribution in [0.25, 0.3) is 0 Å². The predicted octanol–water partition coefficient (Wildman–Crippen LogP) is 5.29. The van der Waals surface area contributed by atoms with Gasteiger partial charge >= 0.3 is 5.97 Å². The predicted molar refractivity (Wildman–Crippen MR) is 156 cm³/mol. The molecule has 1 saturated heterocycles. The number of hydrogen-bond donors (Lipinski definition) is 3. The number of aliphatic hydroxyl groups is 1. The topological polar surface area (TPSA) is 123 Å². The maximum Gasteiger partial charge on any atom is 0.303 e. The number of hydrogen-bond acceptors (Lipinski definition) is 7. The van der Waals surface area contributed by atoms with Gasteiger partial charge in [0.15, 0.2) is 11.4 Å². The highest BCUT2D eigenvalue weighted by Crippen LogP contribution is 2.39. The van der Waals surface area contributed by atoms with Gasteiger partial charge in [-0.05, 0) is 29.5 Å². The van der Waals surface area contributed by atoms with Crippen LogP contribution in [-0.4, -0.2) is 43.5 Å². The van der Waals surface area contributed by atoms with Crippen LogP contribution in [0.15, 0.2) is 66.1 Å². The molecule has 1 aliphatic rings. The van der Waals surface area contributed by atoms with Gasteiger partial charge < -0.3 is 29.6 Å². The lowest BCUT2D eigenvalue weighted by Gasteiger charge is -2.36. The van der Waals surface area contributed by atoms with E-state index in [0.717, 1.165) is 52.4 Å². The summed E-state index contributed by atoms with van der Waals surface area (Å²) >= 11 is 1.66. The minimum atomic E-state index is -0.775. The number of unbranched alkanes of at least 4 members (excludes halogenated alkanes) is 3. The number of aliphatic hydroxyl groups excluding tert-OH is 1. The SMILES string of the molecule is Cn1ccnc1SC[C@H]1C[C@@H](c2ccc(CO)cc2)O[C@@H](c2ccc(CNC(=O)CCCCCCC(=O)O)cc2)O1. The highest BCUT2D eigenvalue weighted by molar-refractivity contribution is 7.99. The van der Waals surface area contributed by atoms with Gasteiger partial charge in [0, 0.05) is 56.6 Å². The molecule has 1 fully saturated rings. The minimum Gasteiger partial charge on any atom is -0.481 e. The first-order chi connectivity index (χ1) is 19.9. The van der Waals surface area contributed by atoms with Crippen LogP contribution >= 0.6 is 11.8 Å². The Kier molecular flexibility index (Phi) is 11.8. The summed E-state index contributed by atoms with van der Waals surface area (Å²) in [6.07, 6.45) is 7.37. The lowest BCUT2D eigenvalue weighted by atomic mass is 10.0. The Morgan fingerprint density at radius 3 is 2.32 bits per heavy atom. The fraction of sp³-hybridized carbons (Fsp3) is 0.452. The Bertz CT molecular complexity index is 1250. The number of nitrogens with zero attached hydrogens (tertiary/aromatic N) is 2. The van der Waals surface area contributed by atoms with Gasteiger partial charge in [-0.15, -0.1) is 0 Å². The van der Waals surface area contributed by atoms with Crippen molar-refractivity contribution in [3.63, 3.8) is 0 Å². The molecule has 2 heterocycles. The van der Waals surface area contributed by atoms with Gasteiger partial charge in [0.25, 0.3) is 0 Å². The van der Waals surface area contributed by atoms with Crippen molar-refractivity contribution in [1.82, 2.24) is 14.9 Å². The number of carboxylic acid groups (broad SMARTS) is 1. The molecular formula is C31H39N3O6S. The number of thioether (sulfide) groups is 1. The zero-order valence-electron chi connectivity index (χ0n) is 23.4. The molecule has 0 unspecified atom stereocenters. The number of ether oxygens (including phenoxy) is 2. The number of benzene rings is 2. The van der Waals surface area contributed by atoms with E-state index in [0.29, 0.717) is 25.8 Å². The van der Waals surface area contributed by atoms with Crippen LogP contribution in [0.3, 0.4) is 0 Å². The lowest BCUT2D eigenvalue weighted by Crippen LogP contribution is -2.31. The molecule has 220 valence electrons. The molecule has 0 spiro atoms. The van der Waals surface area contributed by atoms with Crippen molar-refractivity contribution in [3.8, 4) is 0 Å². The highest BCUT2D eigenvalue weighted by atomic mass is 32.2. The average molecular weight is 582 g/mol. The van der Waals surface area contributed by atoms with Crippen molar-refractivity contribution in [3.05, 3.63) is 83.2 Å². The molecule has 1 amide bonds. The van der Waals surface area contributed by atoms with Gasteiger partial charge in [-0.1, -0.05) is 73.1 Å². The number of carbonyl (C=O) groups is 2. The molecule has 1 aromatic heterocycles. The number of carboxylic acids is 1. The summed E-state index contributed by atoms with van der Waals surface area (Å²) < 4.78 is 14.8. The molecule has 1 aliphatic heterocycles. The zero-order chi connectivity index (χ0) is 29.0. The summed E-state index contributed by atoms with van der Waals surface area (Å²) in [5.41, 5.74) is 3.80. The number of nitrogens with one attached hydrogen (secondary N) is 1. The molecule has 0 bridgehead atoms. The molecule has 2 aromatic carbocycles. The van der Waals surface area contributed by atoms with Crippen LogP contribution in [0.4, 0.5) is 0 Å². The van der Waals surface area contributed by atoms with E-state index in [9.17, 15) is 14.7 Å². The van der Waals surface area contributed by atoms with Gasteiger partial charge in [-0.2, -0.15) is 0 Å². The number of carbonyl (C=O) groups excluding carboxylic acids is 1. The van der Waals surface area contributed by atoms with Gasteiger partial charge in [0.1, 0.15) is 0 Å². The van der Waals surface area contributed by atoms with E-state index >= 15 is 0 Å². The van der Waals surface area contributed by atoms with E-state index in [1.807, 2.05) is 66.3 Å². The molecule has 3 atom stereocenters.